The number of nitrogens with one attached hydrogen (secondary N) is 1. The van der Waals surface area contributed by atoms with Gasteiger partial charge >= 0.3 is 0 Å². The monoisotopic (exact) mass is 279 g/mol. The molecule has 3 unspecified atom stereocenters. The van der Waals surface area contributed by atoms with Crippen LogP contribution < -0.4 is 5.32 Å². The standard InChI is InChI=1S/C17H29NS/c1-13(2)17(16-8-5-11-19-16)18-10-9-15-7-4-6-14(3)12-15/h5,8,11,13-15,17-18H,4,6-7,9-10,12H2,1-3H3. The van der Waals surface area contributed by atoms with Crippen molar-refractivity contribution < 1.29 is 0 Å². The molecule has 1 heterocycles. The predicted molar refractivity (Wildman–Crippen MR) is 85.6 cm³/mol. The molecule has 1 aromatic rings. The molecule has 1 aromatic heterocycles. The van der Waals surface area contributed by atoms with E-state index in [1.165, 1.54) is 43.5 Å². The molecule has 0 saturated heterocycles. The highest BCUT2D eigenvalue weighted by Crippen LogP contribution is 2.31. The van der Waals surface area contributed by atoms with E-state index in [9.17, 15) is 0 Å². The van der Waals surface area contributed by atoms with Crippen molar-refractivity contribution in [3.63, 3.8) is 0 Å². The zero-order valence-corrected chi connectivity index (χ0v) is 13.5. The molecular formula is C17H29NS. The van der Waals surface area contributed by atoms with E-state index in [0.717, 1.165) is 11.8 Å². The van der Waals surface area contributed by atoms with Crippen LogP contribution in [0, 0.1) is 17.8 Å². The molecule has 3 atom stereocenters. The third-order valence-corrected chi connectivity index (χ3v) is 5.43. The quantitative estimate of drug-likeness (QED) is 0.750. The average molecular weight is 279 g/mol. The van der Waals surface area contributed by atoms with E-state index >= 15 is 0 Å². The minimum absolute atomic E-state index is 0.543. The first kappa shape index (κ1) is 15.1. The summed E-state index contributed by atoms with van der Waals surface area (Å²) in [5.41, 5.74) is 0. The van der Waals surface area contributed by atoms with E-state index < -0.39 is 0 Å². The van der Waals surface area contributed by atoms with Gasteiger partial charge in [0.15, 0.2) is 0 Å². The lowest BCUT2D eigenvalue weighted by Crippen LogP contribution is -2.28. The van der Waals surface area contributed by atoms with Gasteiger partial charge in [0.2, 0.25) is 0 Å². The van der Waals surface area contributed by atoms with Gasteiger partial charge in [0, 0.05) is 10.9 Å². The lowest BCUT2D eigenvalue weighted by atomic mass is 9.81. The molecule has 108 valence electrons. The Labute approximate surface area is 122 Å². The van der Waals surface area contributed by atoms with E-state index in [-0.39, 0.29) is 0 Å². The Balaban J connectivity index is 1.76. The Morgan fingerprint density at radius 3 is 2.84 bits per heavy atom. The second kappa shape index (κ2) is 7.44. The first-order valence-corrected chi connectivity index (χ1v) is 8.81. The van der Waals surface area contributed by atoms with Crippen LogP contribution in [-0.4, -0.2) is 6.54 Å². The number of hydrogen-bond acceptors (Lipinski definition) is 2. The fourth-order valence-electron chi connectivity index (χ4n) is 3.40. The van der Waals surface area contributed by atoms with Crippen LogP contribution in [0.25, 0.3) is 0 Å². The molecule has 2 heteroatoms. The minimum atomic E-state index is 0.543. The molecule has 1 fully saturated rings. The van der Waals surface area contributed by atoms with Crippen LogP contribution in [0.4, 0.5) is 0 Å². The smallest absolute Gasteiger partial charge is 0.0438 e. The van der Waals surface area contributed by atoms with Gasteiger partial charge in [-0.25, -0.2) is 0 Å². The van der Waals surface area contributed by atoms with Gasteiger partial charge in [-0.05, 0) is 48.6 Å². The Bertz CT molecular complexity index is 344. The Morgan fingerprint density at radius 1 is 1.37 bits per heavy atom. The van der Waals surface area contributed by atoms with Gasteiger partial charge in [0.25, 0.3) is 0 Å². The summed E-state index contributed by atoms with van der Waals surface area (Å²) >= 11 is 1.88. The van der Waals surface area contributed by atoms with Crippen molar-refractivity contribution in [3.8, 4) is 0 Å². The Morgan fingerprint density at radius 2 is 2.21 bits per heavy atom. The fraction of sp³-hybridized carbons (Fsp3) is 0.765. The van der Waals surface area contributed by atoms with Crippen molar-refractivity contribution in [1.29, 1.82) is 0 Å². The molecule has 1 aliphatic carbocycles. The molecule has 0 radical (unpaired) electrons. The van der Waals surface area contributed by atoms with Crippen molar-refractivity contribution in [2.45, 2.75) is 58.9 Å². The Hall–Kier alpha value is -0.340. The molecule has 0 aromatic carbocycles. The molecule has 0 spiro atoms. The van der Waals surface area contributed by atoms with Crippen molar-refractivity contribution in [2.75, 3.05) is 6.54 Å². The zero-order valence-electron chi connectivity index (χ0n) is 12.7. The van der Waals surface area contributed by atoms with Crippen LogP contribution in [0.1, 0.15) is 63.8 Å². The van der Waals surface area contributed by atoms with Crippen LogP contribution in [0.5, 0.6) is 0 Å². The van der Waals surface area contributed by atoms with Gasteiger partial charge in [0.1, 0.15) is 0 Å². The molecule has 0 aliphatic heterocycles. The highest BCUT2D eigenvalue weighted by Gasteiger charge is 2.20. The van der Waals surface area contributed by atoms with Gasteiger partial charge in [-0.3, -0.25) is 0 Å². The molecular weight excluding hydrogens is 250 g/mol. The molecule has 1 N–H and O–H groups in total. The van der Waals surface area contributed by atoms with Crippen molar-refractivity contribution >= 4 is 11.3 Å². The fourth-order valence-corrected chi connectivity index (χ4v) is 4.37. The summed E-state index contributed by atoms with van der Waals surface area (Å²) in [6, 6.07) is 4.98. The minimum Gasteiger partial charge on any atom is -0.309 e. The highest BCUT2D eigenvalue weighted by molar-refractivity contribution is 7.10. The van der Waals surface area contributed by atoms with Crippen molar-refractivity contribution in [2.24, 2.45) is 17.8 Å². The number of hydrogen-bond donors (Lipinski definition) is 1. The SMILES string of the molecule is CC1CCCC(CCNC(c2cccs2)C(C)C)C1. The molecule has 1 nitrogen and oxygen atoms in total. The van der Waals surface area contributed by atoms with E-state index in [1.54, 1.807) is 0 Å². The van der Waals surface area contributed by atoms with E-state index in [1.807, 2.05) is 11.3 Å². The lowest BCUT2D eigenvalue weighted by molar-refractivity contribution is 0.261. The summed E-state index contributed by atoms with van der Waals surface area (Å²) in [4.78, 5) is 1.49. The van der Waals surface area contributed by atoms with Crippen LogP contribution in [0.2, 0.25) is 0 Å². The summed E-state index contributed by atoms with van der Waals surface area (Å²) in [5, 5.41) is 5.98. The largest absolute Gasteiger partial charge is 0.309 e. The summed E-state index contributed by atoms with van der Waals surface area (Å²) in [6.07, 6.45) is 7.17. The molecule has 0 bridgehead atoms. The normalized spacial score (nSPS) is 25.7. The van der Waals surface area contributed by atoms with Gasteiger partial charge in [-0.2, -0.15) is 0 Å². The molecule has 2 rings (SSSR count). The first-order chi connectivity index (χ1) is 9.16. The third-order valence-electron chi connectivity index (χ3n) is 4.48. The highest BCUT2D eigenvalue weighted by atomic mass is 32.1. The summed E-state index contributed by atoms with van der Waals surface area (Å²) in [6.45, 7) is 8.24. The Kier molecular flexibility index (Phi) is 5.90. The van der Waals surface area contributed by atoms with Crippen LogP contribution in [-0.2, 0) is 0 Å². The summed E-state index contributed by atoms with van der Waals surface area (Å²) in [7, 11) is 0. The average Bonchev–Trinajstić information content (AvgIpc) is 2.88. The third kappa shape index (κ3) is 4.61. The molecule has 19 heavy (non-hydrogen) atoms. The molecule has 1 aliphatic rings. The second-order valence-corrected chi connectivity index (χ2v) is 7.60. The van der Waals surface area contributed by atoms with E-state index in [4.69, 9.17) is 0 Å². The van der Waals surface area contributed by atoms with Crippen LogP contribution in [0.15, 0.2) is 17.5 Å². The second-order valence-electron chi connectivity index (χ2n) is 6.62. The van der Waals surface area contributed by atoms with Crippen molar-refractivity contribution in [1.82, 2.24) is 5.32 Å². The first-order valence-electron chi connectivity index (χ1n) is 7.93. The molecule has 0 amide bonds. The van der Waals surface area contributed by atoms with Crippen LogP contribution >= 0.6 is 11.3 Å². The van der Waals surface area contributed by atoms with Crippen molar-refractivity contribution in [3.05, 3.63) is 22.4 Å². The number of thiophene rings is 1. The molecule has 1 saturated carbocycles. The van der Waals surface area contributed by atoms with Crippen LogP contribution in [0.3, 0.4) is 0 Å². The van der Waals surface area contributed by atoms with E-state index in [0.29, 0.717) is 12.0 Å². The predicted octanol–water partition coefficient (Wildman–Crippen LogP) is 5.25. The maximum absolute atomic E-state index is 3.79. The summed E-state index contributed by atoms with van der Waals surface area (Å²) < 4.78 is 0. The van der Waals surface area contributed by atoms with Gasteiger partial charge in [0.05, 0.1) is 0 Å². The van der Waals surface area contributed by atoms with Gasteiger partial charge in [-0.15, -0.1) is 11.3 Å². The lowest BCUT2D eigenvalue weighted by Gasteiger charge is -2.28. The zero-order chi connectivity index (χ0) is 13.7. The van der Waals surface area contributed by atoms with Gasteiger partial charge < -0.3 is 5.32 Å². The van der Waals surface area contributed by atoms with Gasteiger partial charge in [-0.1, -0.05) is 46.1 Å². The topological polar surface area (TPSA) is 12.0 Å². The van der Waals surface area contributed by atoms with E-state index in [2.05, 4.69) is 43.6 Å². The number of rotatable bonds is 6. The summed E-state index contributed by atoms with van der Waals surface area (Å²) in [5.74, 6) is 2.59. The maximum Gasteiger partial charge on any atom is 0.0438 e. The maximum atomic E-state index is 3.79.